The minimum absolute atomic E-state index is 0.213. The number of halogens is 1. The molecule has 2 heteroatoms. The molecular formula is C15H14FN. The van der Waals surface area contributed by atoms with Gasteiger partial charge in [-0.3, -0.25) is 0 Å². The van der Waals surface area contributed by atoms with Gasteiger partial charge in [0.1, 0.15) is 5.82 Å². The average molecular weight is 227 g/mol. The fourth-order valence-electron chi connectivity index (χ4n) is 1.53. The first-order valence-corrected chi connectivity index (χ1v) is 5.50. The molecule has 2 aromatic rings. The highest BCUT2D eigenvalue weighted by Crippen LogP contribution is 2.10. The molecule has 0 heterocycles. The highest BCUT2D eigenvalue weighted by Gasteiger charge is 1.91. The Morgan fingerprint density at radius 3 is 1.76 bits per heavy atom. The van der Waals surface area contributed by atoms with Crippen LogP contribution in [0.15, 0.2) is 48.5 Å². The van der Waals surface area contributed by atoms with Crippen molar-refractivity contribution in [3.63, 3.8) is 0 Å². The van der Waals surface area contributed by atoms with Crippen LogP contribution in [-0.4, -0.2) is 0 Å². The van der Waals surface area contributed by atoms with Crippen LogP contribution < -0.4 is 5.73 Å². The average Bonchev–Trinajstić information content (AvgIpc) is 2.39. The lowest BCUT2D eigenvalue weighted by Crippen LogP contribution is -1.94. The van der Waals surface area contributed by atoms with E-state index in [1.54, 1.807) is 12.1 Å². The summed E-state index contributed by atoms with van der Waals surface area (Å²) in [6.07, 6.45) is 3.95. The van der Waals surface area contributed by atoms with Gasteiger partial charge in [-0.1, -0.05) is 48.6 Å². The molecule has 0 aliphatic carbocycles. The third-order valence-electron chi connectivity index (χ3n) is 2.55. The fraction of sp³-hybridized carbons (Fsp3) is 0.0667. The molecule has 1 nitrogen and oxygen atoms in total. The molecule has 0 spiro atoms. The van der Waals surface area contributed by atoms with Gasteiger partial charge < -0.3 is 5.73 Å². The first-order chi connectivity index (χ1) is 8.28. The summed E-state index contributed by atoms with van der Waals surface area (Å²) in [7, 11) is 0. The molecular weight excluding hydrogens is 213 g/mol. The van der Waals surface area contributed by atoms with Crippen molar-refractivity contribution in [1.82, 2.24) is 0 Å². The van der Waals surface area contributed by atoms with E-state index in [2.05, 4.69) is 0 Å². The van der Waals surface area contributed by atoms with Crippen LogP contribution in [0, 0.1) is 5.82 Å². The zero-order valence-corrected chi connectivity index (χ0v) is 9.44. The highest BCUT2D eigenvalue weighted by atomic mass is 19.1. The standard InChI is InChI=1S/C15H14FN/c16-15-9-7-13(8-10-15)2-1-12-3-5-14(11-17)6-4-12/h1-10H,11,17H2/b2-1+. The van der Waals surface area contributed by atoms with E-state index in [-0.39, 0.29) is 5.82 Å². The predicted molar refractivity (Wildman–Crippen MR) is 69.7 cm³/mol. The number of benzene rings is 2. The van der Waals surface area contributed by atoms with E-state index in [9.17, 15) is 4.39 Å². The highest BCUT2D eigenvalue weighted by molar-refractivity contribution is 5.69. The lowest BCUT2D eigenvalue weighted by Gasteiger charge is -1.97. The maximum Gasteiger partial charge on any atom is 0.123 e. The van der Waals surface area contributed by atoms with E-state index in [1.165, 1.54) is 12.1 Å². The summed E-state index contributed by atoms with van der Waals surface area (Å²) in [5.41, 5.74) is 8.72. The monoisotopic (exact) mass is 227 g/mol. The van der Waals surface area contributed by atoms with Gasteiger partial charge in [0, 0.05) is 6.54 Å². The largest absolute Gasteiger partial charge is 0.326 e. The fourth-order valence-corrected chi connectivity index (χ4v) is 1.53. The molecule has 2 rings (SSSR count). The molecule has 0 atom stereocenters. The van der Waals surface area contributed by atoms with E-state index >= 15 is 0 Å². The van der Waals surface area contributed by atoms with Crippen molar-refractivity contribution in [2.45, 2.75) is 6.54 Å². The second-order valence-corrected chi connectivity index (χ2v) is 3.83. The second-order valence-electron chi connectivity index (χ2n) is 3.83. The van der Waals surface area contributed by atoms with Crippen LogP contribution in [0.2, 0.25) is 0 Å². The lowest BCUT2D eigenvalue weighted by molar-refractivity contribution is 0.628. The number of hydrogen-bond donors (Lipinski definition) is 1. The molecule has 2 aromatic carbocycles. The Morgan fingerprint density at radius 2 is 1.29 bits per heavy atom. The number of rotatable bonds is 3. The zero-order valence-electron chi connectivity index (χ0n) is 9.44. The van der Waals surface area contributed by atoms with Crippen LogP contribution in [0.1, 0.15) is 16.7 Å². The van der Waals surface area contributed by atoms with Crippen molar-refractivity contribution in [2.24, 2.45) is 5.73 Å². The van der Waals surface area contributed by atoms with Crippen molar-refractivity contribution in [3.05, 3.63) is 71.0 Å². The second kappa shape index (κ2) is 5.41. The van der Waals surface area contributed by atoms with Gasteiger partial charge in [-0.15, -0.1) is 0 Å². The molecule has 0 saturated carbocycles. The van der Waals surface area contributed by atoms with Crippen molar-refractivity contribution in [1.29, 1.82) is 0 Å². The molecule has 0 radical (unpaired) electrons. The smallest absolute Gasteiger partial charge is 0.123 e. The van der Waals surface area contributed by atoms with Gasteiger partial charge in [0.2, 0.25) is 0 Å². The maximum atomic E-state index is 12.7. The van der Waals surface area contributed by atoms with Crippen molar-refractivity contribution in [2.75, 3.05) is 0 Å². The Balaban J connectivity index is 2.11. The Bertz CT molecular complexity index is 497. The predicted octanol–water partition coefficient (Wildman–Crippen LogP) is 3.45. The summed E-state index contributed by atoms with van der Waals surface area (Å²) in [6, 6.07) is 14.5. The molecule has 0 unspecified atom stereocenters. The molecule has 2 N–H and O–H groups in total. The molecule has 17 heavy (non-hydrogen) atoms. The summed E-state index contributed by atoms with van der Waals surface area (Å²) in [4.78, 5) is 0. The Kier molecular flexibility index (Phi) is 3.68. The van der Waals surface area contributed by atoms with Crippen LogP contribution >= 0.6 is 0 Å². The molecule has 0 aliphatic heterocycles. The molecule has 0 aromatic heterocycles. The van der Waals surface area contributed by atoms with E-state index in [1.807, 2.05) is 36.4 Å². The van der Waals surface area contributed by atoms with E-state index in [4.69, 9.17) is 5.73 Å². The summed E-state index contributed by atoms with van der Waals surface area (Å²) < 4.78 is 12.7. The first kappa shape index (κ1) is 11.6. The minimum atomic E-state index is -0.213. The van der Waals surface area contributed by atoms with Crippen molar-refractivity contribution < 1.29 is 4.39 Å². The maximum absolute atomic E-state index is 12.7. The van der Waals surface area contributed by atoms with Crippen LogP contribution in [-0.2, 0) is 6.54 Å². The molecule has 0 fully saturated rings. The quantitative estimate of drug-likeness (QED) is 0.798. The SMILES string of the molecule is NCc1ccc(/C=C/c2ccc(F)cc2)cc1. The van der Waals surface area contributed by atoms with E-state index in [0.717, 1.165) is 16.7 Å². The normalized spacial score (nSPS) is 10.9. The van der Waals surface area contributed by atoms with Gasteiger partial charge in [0.05, 0.1) is 0 Å². The van der Waals surface area contributed by atoms with Crippen molar-refractivity contribution in [3.8, 4) is 0 Å². The minimum Gasteiger partial charge on any atom is -0.326 e. The number of hydrogen-bond acceptors (Lipinski definition) is 1. The zero-order chi connectivity index (χ0) is 12.1. The Morgan fingerprint density at radius 1 is 0.824 bits per heavy atom. The third kappa shape index (κ3) is 3.26. The summed E-state index contributed by atoms with van der Waals surface area (Å²) in [6.45, 7) is 0.557. The number of nitrogens with two attached hydrogens (primary N) is 1. The third-order valence-corrected chi connectivity index (χ3v) is 2.55. The summed E-state index contributed by atoms with van der Waals surface area (Å²) in [5.74, 6) is -0.213. The van der Waals surface area contributed by atoms with E-state index in [0.29, 0.717) is 6.54 Å². The topological polar surface area (TPSA) is 26.0 Å². The van der Waals surface area contributed by atoms with Gasteiger partial charge in [-0.25, -0.2) is 4.39 Å². The van der Waals surface area contributed by atoms with Gasteiger partial charge in [0.25, 0.3) is 0 Å². The van der Waals surface area contributed by atoms with Crippen LogP contribution in [0.25, 0.3) is 12.2 Å². The van der Waals surface area contributed by atoms with Crippen LogP contribution in [0.5, 0.6) is 0 Å². The van der Waals surface area contributed by atoms with Gasteiger partial charge in [-0.2, -0.15) is 0 Å². The first-order valence-electron chi connectivity index (χ1n) is 5.50. The van der Waals surface area contributed by atoms with E-state index < -0.39 is 0 Å². The Labute approximate surface area is 100 Å². The lowest BCUT2D eigenvalue weighted by atomic mass is 10.1. The molecule has 0 bridgehead atoms. The van der Waals surface area contributed by atoms with Gasteiger partial charge in [-0.05, 0) is 28.8 Å². The van der Waals surface area contributed by atoms with Crippen LogP contribution in [0.3, 0.4) is 0 Å². The molecule has 0 saturated heterocycles. The molecule has 0 amide bonds. The molecule has 86 valence electrons. The van der Waals surface area contributed by atoms with Gasteiger partial charge >= 0.3 is 0 Å². The summed E-state index contributed by atoms with van der Waals surface area (Å²) >= 11 is 0. The molecule has 0 aliphatic rings. The van der Waals surface area contributed by atoms with Gasteiger partial charge in [0.15, 0.2) is 0 Å². The van der Waals surface area contributed by atoms with Crippen molar-refractivity contribution >= 4 is 12.2 Å². The summed E-state index contributed by atoms with van der Waals surface area (Å²) in [5, 5.41) is 0. The Hall–Kier alpha value is -1.93. The van der Waals surface area contributed by atoms with Crippen LogP contribution in [0.4, 0.5) is 4.39 Å².